The summed E-state index contributed by atoms with van der Waals surface area (Å²) in [6.07, 6.45) is 2.22. The first-order valence-corrected chi connectivity index (χ1v) is 5.82. The zero-order valence-electron chi connectivity index (χ0n) is 10.4. The second-order valence-electron chi connectivity index (χ2n) is 4.26. The second kappa shape index (κ2) is 6.39. The fourth-order valence-corrected chi connectivity index (χ4v) is 2.06. The van der Waals surface area contributed by atoms with E-state index in [1.807, 2.05) is 6.92 Å². The molecule has 0 saturated carbocycles. The van der Waals surface area contributed by atoms with E-state index in [-0.39, 0.29) is 5.57 Å². The molecule has 1 heterocycles. The van der Waals surface area contributed by atoms with E-state index in [0.717, 1.165) is 31.6 Å². The minimum absolute atomic E-state index is 0.0695. The summed E-state index contributed by atoms with van der Waals surface area (Å²) in [4.78, 5) is 2.11. The molecular formula is C13H18F2N2. The summed E-state index contributed by atoms with van der Waals surface area (Å²) >= 11 is 0. The van der Waals surface area contributed by atoms with Gasteiger partial charge in [0, 0.05) is 18.8 Å². The SMILES string of the molecule is CC(=C(CF)CF)/C(C#N)=C(\C)N1CCCC1. The summed E-state index contributed by atoms with van der Waals surface area (Å²) in [6.45, 7) is 3.64. The van der Waals surface area contributed by atoms with Gasteiger partial charge in [-0.25, -0.2) is 8.78 Å². The molecule has 1 aliphatic heterocycles. The number of allylic oxidation sites excluding steroid dienone is 4. The molecule has 1 saturated heterocycles. The monoisotopic (exact) mass is 240 g/mol. The number of nitriles is 1. The molecule has 2 nitrogen and oxygen atoms in total. The van der Waals surface area contributed by atoms with E-state index in [1.54, 1.807) is 6.92 Å². The Balaban J connectivity index is 3.09. The fourth-order valence-electron chi connectivity index (χ4n) is 2.06. The fraction of sp³-hybridized carbons (Fsp3) is 0.615. The van der Waals surface area contributed by atoms with Gasteiger partial charge in [0.1, 0.15) is 19.4 Å². The lowest BCUT2D eigenvalue weighted by Gasteiger charge is -2.20. The van der Waals surface area contributed by atoms with Crippen molar-refractivity contribution in [3.05, 3.63) is 22.4 Å². The van der Waals surface area contributed by atoms with Crippen LogP contribution in [-0.4, -0.2) is 31.3 Å². The number of likely N-dealkylation sites (tertiary alicyclic amines) is 1. The number of nitrogens with zero attached hydrogens (tertiary/aromatic N) is 2. The summed E-state index contributed by atoms with van der Waals surface area (Å²) in [5, 5.41) is 9.15. The van der Waals surface area contributed by atoms with Gasteiger partial charge in [-0.3, -0.25) is 0 Å². The molecule has 0 spiro atoms. The lowest BCUT2D eigenvalue weighted by Crippen LogP contribution is -2.18. The topological polar surface area (TPSA) is 27.0 Å². The van der Waals surface area contributed by atoms with Crippen LogP contribution in [0.15, 0.2) is 22.4 Å². The molecule has 1 rings (SSSR count). The van der Waals surface area contributed by atoms with Crippen molar-refractivity contribution in [2.45, 2.75) is 26.7 Å². The van der Waals surface area contributed by atoms with Gasteiger partial charge in [-0.05, 0) is 37.8 Å². The van der Waals surface area contributed by atoms with Gasteiger partial charge in [0.25, 0.3) is 0 Å². The van der Waals surface area contributed by atoms with Gasteiger partial charge in [0.15, 0.2) is 0 Å². The molecule has 0 bridgehead atoms. The van der Waals surface area contributed by atoms with Crippen LogP contribution in [0.25, 0.3) is 0 Å². The van der Waals surface area contributed by atoms with E-state index in [4.69, 9.17) is 5.26 Å². The Labute approximate surface area is 101 Å². The third kappa shape index (κ3) is 3.06. The van der Waals surface area contributed by atoms with Gasteiger partial charge in [0.05, 0.1) is 5.57 Å². The molecule has 17 heavy (non-hydrogen) atoms. The van der Waals surface area contributed by atoms with Crippen LogP contribution >= 0.6 is 0 Å². The molecule has 0 aromatic carbocycles. The highest BCUT2D eigenvalue weighted by Crippen LogP contribution is 2.23. The molecule has 0 amide bonds. The molecule has 0 radical (unpaired) electrons. The number of alkyl halides is 2. The third-order valence-corrected chi connectivity index (χ3v) is 3.28. The van der Waals surface area contributed by atoms with E-state index in [2.05, 4.69) is 11.0 Å². The first kappa shape index (κ1) is 13.7. The van der Waals surface area contributed by atoms with Crippen LogP contribution in [0.3, 0.4) is 0 Å². The molecule has 0 aromatic rings. The van der Waals surface area contributed by atoms with Crippen LogP contribution < -0.4 is 0 Å². The quantitative estimate of drug-likeness (QED) is 0.557. The zero-order valence-corrected chi connectivity index (χ0v) is 10.4. The highest BCUT2D eigenvalue weighted by atomic mass is 19.1. The summed E-state index contributed by atoms with van der Waals surface area (Å²) in [5.74, 6) is 0. The Morgan fingerprint density at radius 2 is 1.71 bits per heavy atom. The average molecular weight is 240 g/mol. The minimum atomic E-state index is -0.833. The molecular weight excluding hydrogens is 222 g/mol. The van der Waals surface area contributed by atoms with Gasteiger partial charge in [0.2, 0.25) is 0 Å². The Morgan fingerprint density at radius 3 is 2.12 bits per heavy atom. The standard InChI is InChI=1S/C13H18F2N2/c1-10(12(7-14)8-15)13(9-16)11(2)17-5-3-4-6-17/h3-8H2,1-2H3/b13-11+. The number of rotatable bonds is 4. The second-order valence-corrected chi connectivity index (χ2v) is 4.26. The van der Waals surface area contributed by atoms with Crippen LogP contribution in [0.4, 0.5) is 8.78 Å². The maximum atomic E-state index is 12.6. The van der Waals surface area contributed by atoms with Crippen LogP contribution in [0.5, 0.6) is 0 Å². The van der Waals surface area contributed by atoms with Crippen molar-refractivity contribution in [2.24, 2.45) is 0 Å². The zero-order chi connectivity index (χ0) is 12.8. The van der Waals surface area contributed by atoms with E-state index in [1.165, 1.54) is 0 Å². The maximum absolute atomic E-state index is 12.6. The van der Waals surface area contributed by atoms with Crippen molar-refractivity contribution in [3.63, 3.8) is 0 Å². The summed E-state index contributed by atoms with van der Waals surface area (Å²) in [5.41, 5.74) is 1.76. The Bertz CT molecular complexity index is 365. The first-order chi connectivity index (χ1) is 8.15. The molecule has 0 N–H and O–H groups in total. The molecule has 4 heteroatoms. The van der Waals surface area contributed by atoms with Crippen molar-refractivity contribution >= 4 is 0 Å². The molecule has 0 aromatic heterocycles. The lowest BCUT2D eigenvalue weighted by atomic mass is 10.0. The van der Waals surface area contributed by atoms with Gasteiger partial charge in [-0.2, -0.15) is 5.26 Å². The van der Waals surface area contributed by atoms with Crippen LogP contribution in [-0.2, 0) is 0 Å². The largest absolute Gasteiger partial charge is 0.374 e. The van der Waals surface area contributed by atoms with Crippen molar-refractivity contribution < 1.29 is 8.78 Å². The van der Waals surface area contributed by atoms with E-state index in [9.17, 15) is 8.78 Å². The highest BCUT2D eigenvalue weighted by molar-refractivity contribution is 5.46. The van der Waals surface area contributed by atoms with Crippen LogP contribution in [0, 0.1) is 11.3 Å². The smallest absolute Gasteiger partial charge is 0.114 e. The number of hydrogen-bond donors (Lipinski definition) is 0. The summed E-state index contributed by atoms with van der Waals surface area (Å²) < 4.78 is 25.2. The van der Waals surface area contributed by atoms with E-state index >= 15 is 0 Å². The third-order valence-electron chi connectivity index (χ3n) is 3.28. The van der Waals surface area contributed by atoms with Crippen molar-refractivity contribution in [1.29, 1.82) is 5.26 Å². The van der Waals surface area contributed by atoms with Crippen molar-refractivity contribution in [3.8, 4) is 6.07 Å². The minimum Gasteiger partial charge on any atom is -0.374 e. The Morgan fingerprint density at radius 1 is 1.18 bits per heavy atom. The summed E-state index contributed by atoms with van der Waals surface area (Å²) in [7, 11) is 0. The van der Waals surface area contributed by atoms with Crippen molar-refractivity contribution in [1.82, 2.24) is 4.90 Å². The summed E-state index contributed by atoms with van der Waals surface area (Å²) in [6, 6.07) is 2.07. The highest BCUT2D eigenvalue weighted by Gasteiger charge is 2.17. The molecule has 1 fully saturated rings. The van der Waals surface area contributed by atoms with E-state index < -0.39 is 13.3 Å². The molecule has 1 aliphatic rings. The molecule has 0 unspecified atom stereocenters. The van der Waals surface area contributed by atoms with Crippen LogP contribution in [0.1, 0.15) is 26.7 Å². The molecule has 94 valence electrons. The predicted octanol–water partition coefficient (Wildman–Crippen LogP) is 3.14. The van der Waals surface area contributed by atoms with Gasteiger partial charge < -0.3 is 4.90 Å². The maximum Gasteiger partial charge on any atom is 0.114 e. The van der Waals surface area contributed by atoms with Gasteiger partial charge in [-0.1, -0.05) is 0 Å². The predicted molar refractivity (Wildman–Crippen MR) is 63.8 cm³/mol. The molecule has 0 atom stereocenters. The normalized spacial score (nSPS) is 16.5. The van der Waals surface area contributed by atoms with Gasteiger partial charge in [-0.15, -0.1) is 0 Å². The van der Waals surface area contributed by atoms with E-state index in [0.29, 0.717) is 11.1 Å². The van der Waals surface area contributed by atoms with Crippen LogP contribution in [0.2, 0.25) is 0 Å². The average Bonchev–Trinajstić information content (AvgIpc) is 2.85. The number of halogens is 2. The van der Waals surface area contributed by atoms with Gasteiger partial charge >= 0.3 is 0 Å². The lowest BCUT2D eigenvalue weighted by molar-refractivity contribution is 0.424. The number of hydrogen-bond acceptors (Lipinski definition) is 2. The molecule has 0 aliphatic carbocycles. The van der Waals surface area contributed by atoms with Crippen molar-refractivity contribution in [2.75, 3.05) is 26.4 Å². The Hall–Kier alpha value is -1.37. The first-order valence-electron chi connectivity index (χ1n) is 5.82. The Kier molecular flexibility index (Phi) is 5.14.